The van der Waals surface area contributed by atoms with Crippen LogP contribution in [0.1, 0.15) is 19.4 Å². The van der Waals surface area contributed by atoms with Crippen LogP contribution in [0.5, 0.6) is 0 Å². The van der Waals surface area contributed by atoms with E-state index in [-0.39, 0.29) is 17.9 Å². The largest absolute Gasteiger partial charge is 0.342 e. The highest BCUT2D eigenvalue weighted by Crippen LogP contribution is 2.26. The van der Waals surface area contributed by atoms with Crippen molar-refractivity contribution in [1.82, 2.24) is 24.6 Å². The number of aromatic nitrogens is 3. The molecule has 170 valence electrons. The van der Waals surface area contributed by atoms with Crippen molar-refractivity contribution in [3.8, 4) is 16.9 Å². The second-order valence-corrected chi connectivity index (χ2v) is 9.15. The smallest absolute Gasteiger partial charge is 0.247 e. The van der Waals surface area contributed by atoms with Crippen LogP contribution in [0.4, 0.5) is 0 Å². The molecular weight excluding hydrogens is 434 g/mol. The van der Waals surface area contributed by atoms with Crippen molar-refractivity contribution in [1.29, 1.82) is 0 Å². The van der Waals surface area contributed by atoms with Crippen LogP contribution < -0.4 is 0 Å². The van der Waals surface area contributed by atoms with Crippen LogP contribution in [0, 0.1) is 0 Å². The molecule has 0 radical (unpaired) electrons. The molecule has 1 aromatic carbocycles. The third-order valence-electron chi connectivity index (χ3n) is 5.68. The zero-order chi connectivity index (χ0) is 23.4. The van der Waals surface area contributed by atoms with E-state index in [1.807, 2.05) is 62.5 Å². The summed E-state index contributed by atoms with van der Waals surface area (Å²) >= 11 is 1.60. The summed E-state index contributed by atoms with van der Waals surface area (Å²) in [5, 5.41) is 4.75. The van der Waals surface area contributed by atoms with Gasteiger partial charge >= 0.3 is 0 Å². The Bertz CT molecular complexity index is 1140. The summed E-state index contributed by atoms with van der Waals surface area (Å²) in [6, 6.07) is 13.3. The average molecular weight is 462 g/mol. The number of nitrogens with zero attached hydrogens (tertiary/aromatic N) is 5. The Kier molecular flexibility index (Phi) is 6.93. The second kappa shape index (κ2) is 10.0. The van der Waals surface area contributed by atoms with E-state index >= 15 is 0 Å². The van der Waals surface area contributed by atoms with Crippen molar-refractivity contribution in [2.45, 2.75) is 25.9 Å². The van der Waals surface area contributed by atoms with Crippen molar-refractivity contribution in [3.63, 3.8) is 0 Å². The fraction of sp³-hybridized carbons (Fsp3) is 0.280. The molecule has 2 amide bonds. The first kappa shape index (κ1) is 22.8. The zero-order valence-electron chi connectivity index (χ0n) is 19.0. The van der Waals surface area contributed by atoms with E-state index < -0.39 is 6.04 Å². The van der Waals surface area contributed by atoms with Crippen LogP contribution in [0.2, 0.25) is 0 Å². The van der Waals surface area contributed by atoms with E-state index in [9.17, 15) is 9.59 Å². The number of hydrogen-bond donors (Lipinski definition) is 0. The molecule has 1 unspecified atom stereocenters. The van der Waals surface area contributed by atoms with Crippen LogP contribution in [-0.2, 0) is 9.59 Å². The Labute approximate surface area is 198 Å². The summed E-state index contributed by atoms with van der Waals surface area (Å²) < 4.78 is 1.79. The molecule has 33 heavy (non-hydrogen) atoms. The van der Waals surface area contributed by atoms with Gasteiger partial charge in [-0.1, -0.05) is 18.2 Å². The van der Waals surface area contributed by atoms with Gasteiger partial charge in [0.15, 0.2) is 0 Å². The SMILES string of the molecule is CC(C)N(C)C(=O)C1CSCN1C(=O)C=Cc1cn(-c2ccccc2)nc1-c1cccnc1. The summed E-state index contributed by atoms with van der Waals surface area (Å²) in [7, 11) is 1.78. The lowest BCUT2D eigenvalue weighted by molar-refractivity contribution is -0.141. The molecule has 3 heterocycles. The third kappa shape index (κ3) is 5.01. The number of amides is 2. The van der Waals surface area contributed by atoms with Gasteiger partial charge in [0.1, 0.15) is 11.7 Å². The molecule has 0 aliphatic carbocycles. The highest BCUT2D eigenvalue weighted by atomic mass is 32.2. The van der Waals surface area contributed by atoms with Gasteiger partial charge in [-0.25, -0.2) is 4.68 Å². The Balaban J connectivity index is 1.61. The lowest BCUT2D eigenvalue weighted by Crippen LogP contribution is -2.49. The van der Waals surface area contributed by atoms with Crippen molar-refractivity contribution in [2.75, 3.05) is 18.7 Å². The molecule has 1 aliphatic rings. The van der Waals surface area contributed by atoms with Crippen LogP contribution >= 0.6 is 11.8 Å². The number of carbonyl (C=O) groups is 2. The molecule has 0 bridgehead atoms. The summed E-state index contributed by atoms with van der Waals surface area (Å²) in [6.07, 6.45) is 8.67. The minimum Gasteiger partial charge on any atom is -0.342 e. The number of benzene rings is 1. The minimum absolute atomic E-state index is 0.0234. The lowest BCUT2D eigenvalue weighted by Gasteiger charge is -2.29. The van der Waals surface area contributed by atoms with Crippen LogP contribution in [0.15, 0.2) is 67.1 Å². The van der Waals surface area contributed by atoms with Gasteiger partial charge in [-0.15, -0.1) is 11.8 Å². The van der Waals surface area contributed by atoms with Crippen molar-refractivity contribution < 1.29 is 9.59 Å². The number of para-hydroxylation sites is 1. The molecule has 0 saturated carbocycles. The number of pyridine rings is 1. The van der Waals surface area contributed by atoms with Gasteiger partial charge in [-0.05, 0) is 44.2 Å². The molecule has 0 spiro atoms. The Hall–Kier alpha value is -3.39. The highest BCUT2D eigenvalue weighted by Gasteiger charge is 2.35. The maximum absolute atomic E-state index is 13.1. The van der Waals surface area contributed by atoms with Gasteiger partial charge in [-0.2, -0.15) is 5.10 Å². The van der Waals surface area contributed by atoms with Gasteiger partial charge < -0.3 is 9.80 Å². The molecule has 1 aliphatic heterocycles. The van der Waals surface area contributed by atoms with E-state index in [0.717, 1.165) is 22.5 Å². The Morgan fingerprint density at radius 2 is 1.97 bits per heavy atom. The Morgan fingerprint density at radius 3 is 2.67 bits per heavy atom. The second-order valence-electron chi connectivity index (χ2n) is 8.15. The molecule has 0 N–H and O–H groups in total. The van der Waals surface area contributed by atoms with Crippen molar-refractivity contribution >= 4 is 29.7 Å². The van der Waals surface area contributed by atoms with Crippen LogP contribution in [-0.4, -0.2) is 67.1 Å². The molecule has 1 saturated heterocycles. The number of carbonyl (C=O) groups excluding carboxylic acids is 2. The summed E-state index contributed by atoms with van der Waals surface area (Å²) in [6.45, 7) is 3.94. The fourth-order valence-electron chi connectivity index (χ4n) is 3.56. The number of rotatable bonds is 6. The number of hydrogen-bond acceptors (Lipinski definition) is 5. The predicted octanol–water partition coefficient (Wildman–Crippen LogP) is 3.72. The monoisotopic (exact) mass is 461 g/mol. The van der Waals surface area contributed by atoms with E-state index in [1.165, 1.54) is 6.08 Å². The summed E-state index contributed by atoms with van der Waals surface area (Å²) in [5.74, 6) is 0.914. The quantitative estimate of drug-likeness (QED) is 0.524. The van der Waals surface area contributed by atoms with Gasteiger partial charge in [0.2, 0.25) is 11.8 Å². The molecule has 2 aromatic heterocycles. The summed E-state index contributed by atoms with van der Waals surface area (Å²) in [4.78, 5) is 33.5. The van der Waals surface area contributed by atoms with E-state index in [1.54, 1.807) is 51.8 Å². The normalized spacial score (nSPS) is 16.0. The fourth-order valence-corrected chi connectivity index (χ4v) is 4.72. The van der Waals surface area contributed by atoms with Crippen molar-refractivity contribution in [3.05, 3.63) is 72.7 Å². The van der Waals surface area contributed by atoms with Gasteiger partial charge in [0.25, 0.3) is 0 Å². The van der Waals surface area contributed by atoms with Crippen LogP contribution in [0.3, 0.4) is 0 Å². The van der Waals surface area contributed by atoms with E-state index in [4.69, 9.17) is 5.10 Å². The van der Waals surface area contributed by atoms with Gasteiger partial charge in [0.05, 0.1) is 11.6 Å². The Morgan fingerprint density at radius 1 is 1.18 bits per heavy atom. The van der Waals surface area contributed by atoms with Gasteiger partial charge in [-0.3, -0.25) is 14.6 Å². The average Bonchev–Trinajstić information content (AvgIpc) is 3.50. The summed E-state index contributed by atoms with van der Waals surface area (Å²) in [5.41, 5.74) is 3.32. The minimum atomic E-state index is -0.440. The van der Waals surface area contributed by atoms with E-state index in [0.29, 0.717) is 11.6 Å². The predicted molar refractivity (Wildman–Crippen MR) is 132 cm³/mol. The molecule has 4 rings (SSSR count). The highest BCUT2D eigenvalue weighted by molar-refractivity contribution is 7.99. The number of thioether (sulfide) groups is 1. The topological polar surface area (TPSA) is 71.3 Å². The maximum atomic E-state index is 13.1. The van der Waals surface area contributed by atoms with Crippen molar-refractivity contribution in [2.24, 2.45) is 0 Å². The third-order valence-corrected chi connectivity index (χ3v) is 6.69. The first-order chi connectivity index (χ1) is 16.0. The molecule has 1 atom stereocenters. The standard InChI is InChI=1S/C25H27N5O2S/c1-18(2)28(3)25(32)22-16-33-17-29(22)23(31)12-11-20-15-30(21-9-5-4-6-10-21)27-24(20)19-8-7-13-26-14-19/h4-15,18,22H,16-17H2,1-3H3. The molecular formula is C25H27N5O2S. The van der Waals surface area contributed by atoms with E-state index in [2.05, 4.69) is 4.98 Å². The molecule has 1 fully saturated rings. The van der Waals surface area contributed by atoms with Crippen LogP contribution in [0.25, 0.3) is 23.0 Å². The first-order valence-electron chi connectivity index (χ1n) is 10.8. The molecule has 8 heteroatoms. The first-order valence-corrected chi connectivity index (χ1v) is 12.0. The zero-order valence-corrected chi connectivity index (χ0v) is 19.8. The lowest BCUT2D eigenvalue weighted by atomic mass is 10.1. The van der Waals surface area contributed by atoms with Gasteiger partial charge in [0, 0.05) is 54.6 Å². The maximum Gasteiger partial charge on any atom is 0.247 e. The number of likely N-dealkylation sites (N-methyl/N-ethyl adjacent to an activating group) is 1. The molecule has 3 aromatic rings. The molecule has 7 nitrogen and oxygen atoms in total.